The lowest BCUT2D eigenvalue weighted by Crippen LogP contribution is -2.61. The summed E-state index contributed by atoms with van der Waals surface area (Å²) in [5.41, 5.74) is 0. The zero-order valence-corrected chi connectivity index (χ0v) is 36.5. The van der Waals surface area contributed by atoms with E-state index in [0.717, 1.165) is 44.9 Å². The van der Waals surface area contributed by atoms with E-state index in [9.17, 15) is 40.5 Å². The number of carbonyl (C=O) groups is 1. The van der Waals surface area contributed by atoms with Gasteiger partial charge in [-0.3, -0.25) is 4.79 Å². The summed E-state index contributed by atoms with van der Waals surface area (Å²) in [4.78, 5) is 12.9. The number of carbonyl (C=O) groups excluding carboxylic acids is 1. The lowest BCUT2D eigenvalue weighted by Gasteiger charge is -2.42. The van der Waals surface area contributed by atoms with Crippen molar-refractivity contribution in [1.29, 1.82) is 0 Å². The summed E-state index contributed by atoms with van der Waals surface area (Å²) in [5, 5.41) is 71.8. The molecule has 14 heteroatoms. The Morgan fingerprint density at radius 2 is 1.00 bits per heavy atom. The first-order valence-electron chi connectivity index (χ1n) is 23.3. The largest absolute Gasteiger partial charge is 0.457 e. The maximum absolute atomic E-state index is 12.9. The Morgan fingerprint density at radius 1 is 0.542 bits per heavy atom. The molecule has 14 nitrogen and oxygen atoms in total. The molecule has 2 saturated heterocycles. The van der Waals surface area contributed by atoms with Crippen molar-refractivity contribution < 1.29 is 69.0 Å². The Bertz CT molecular complexity index is 1030. The molecule has 2 heterocycles. The molecule has 0 aromatic carbocycles. The van der Waals surface area contributed by atoms with Gasteiger partial charge in [0.1, 0.15) is 54.9 Å². The topological polar surface area (TPSA) is 214 Å². The van der Waals surface area contributed by atoms with Crippen LogP contribution in [0.1, 0.15) is 168 Å². The first-order valence-corrected chi connectivity index (χ1v) is 23.3. The zero-order valence-electron chi connectivity index (χ0n) is 36.5. The Hall–Kier alpha value is -1.27. The summed E-state index contributed by atoms with van der Waals surface area (Å²) in [6, 6.07) is 0. The molecular weight excluding hydrogens is 764 g/mol. The molecule has 0 aliphatic carbocycles. The summed E-state index contributed by atoms with van der Waals surface area (Å²) in [6.45, 7) is 3.64. The standard InChI is InChI=1S/C45H84O14/c1-3-5-7-9-11-12-13-14-15-16-17-18-19-20-21-22-24-26-28-37(47)57-34(31-54-29-27-25-23-10-8-6-4-2)32-55-44-43(53)41(51)39(49)36(59-44)33-56-45-42(52)40(50)38(48)35(30-46)58-45/h15-16,34-36,38-46,48-53H,3-14,17-33H2,1-2H3/b16-15-. The molecule has 11 atom stereocenters. The van der Waals surface area contributed by atoms with E-state index in [1.54, 1.807) is 0 Å². The average Bonchev–Trinajstić information content (AvgIpc) is 3.23. The molecule has 2 fully saturated rings. The van der Waals surface area contributed by atoms with Gasteiger partial charge >= 0.3 is 5.97 Å². The molecule has 59 heavy (non-hydrogen) atoms. The smallest absolute Gasteiger partial charge is 0.306 e. The van der Waals surface area contributed by atoms with E-state index < -0.39 is 80.7 Å². The molecule has 0 bridgehead atoms. The summed E-state index contributed by atoms with van der Waals surface area (Å²) < 4.78 is 34.0. The Morgan fingerprint density at radius 3 is 1.54 bits per heavy atom. The van der Waals surface area contributed by atoms with Crippen LogP contribution < -0.4 is 0 Å². The highest BCUT2D eigenvalue weighted by Crippen LogP contribution is 2.26. The SMILES string of the molecule is CCCCCCCCC/C=C\CCCCCCCCCC(=O)OC(COCCCCCCCCC)COC1OC(COC2OC(CO)C(O)C(O)C2O)C(O)C(O)C1O. The number of ether oxygens (including phenoxy) is 6. The summed E-state index contributed by atoms with van der Waals surface area (Å²) in [7, 11) is 0. The number of aliphatic hydroxyl groups is 7. The highest BCUT2D eigenvalue weighted by Gasteiger charge is 2.47. The molecule has 11 unspecified atom stereocenters. The van der Waals surface area contributed by atoms with E-state index in [1.807, 2.05) is 0 Å². The number of hydrogen-bond acceptors (Lipinski definition) is 14. The van der Waals surface area contributed by atoms with Crippen molar-refractivity contribution in [1.82, 2.24) is 0 Å². The third-order valence-corrected chi connectivity index (χ3v) is 11.3. The van der Waals surface area contributed by atoms with Crippen molar-refractivity contribution in [2.45, 2.75) is 235 Å². The van der Waals surface area contributed by atoms with Crippen molar-refractivity contribution in [3.63, 3.8) is 0 Å². The predicted octanol–water partition coefficient (Wildman–Crippen LogP) is 5.51. The molecule has 0 aromatic rings. The molecule has 2 rings (SSSR count). The normalized spacial score (nSPS) is 28.0. The van der Waals surface area contributed by atoms with E-state index in [-0.39, 0.29) is 25.6 Å². The molecule has 0 radical (unpaired) electrons. The van der Waals surface area contributed by atoms with Crippen LogP contribution in [0.3, 0.4) is 0 Å². The van der Waals surface area contributed by atoms with Crippen LogP contribution >= 0.6 is 0 Å². The molecule has 2 aliphatic heterocycles. The Labute approximate surface area is 354 Å². The number of hydrogen-bond donors (Lipinski definition) is 7. The quantitative estimate of drug-likeness (QED) is 0.0235. The molecule has 0 amide bonds. The van der Waals surface area contributed by atoms with Crippen molar-refractivity contribution in [3.8, 4) is 0 Å². The predicted molar refractivity (Wildman–Crippen MR) is 224 cm³/mol. The molecular formula is C45H84O14. The fraction of sp³-hybridized carbons (Fsp3) is 0.933. The van der Waals surface area contributed by atoms with Crippen LogP contribution in [-0.2, 0) is 33.2 Å². The average molecular weight is 849 g/mol. The monoisotopic (exact) mass is 849 g/mol. The number of esters is 1. The minimum Gasteiger partial charge on any atom is -0.457 e. The van der Waals surface area contributed by atoms with Crippen LogP contribution in [0.2, 0.25) is 0 Å². The van der Waals surface area contributed by atoms with Crippen LogP contribution in [0.15, 0.2) is 12.2 Å². The molecule has 0 aromatic heterocycles. The highest BCUT2D eigenvalue weighted by atomic mass is 16.7. The first-order chi connectivity index (χ1) is 28.6. The van der Waals surface area contributed by atoms with Crippen molar-refractivity contribution in [3.05, 3.63) is 12.2 Å². The first kappa shape index (κ1) is 53.9. The second kappa shape index (κ2) is 34.2. The van der Waals surface area contributed by atoms with E-state index >= 15 is 0 Å². The lowest BCUT2D eigenvalue weighted by atomic mass is 9.98. The third kappa shape index (κ3) is 23.1. The number of aliphatic hydroxyl groups excluding tert-OH is 7. The van der Waals surface area contributed by atoms with Crippen LogP contribution in [0.25, 0.3) is 0 Å². The van der Waals surface area contributed by atoms with Crippen molar-refractivity contribution in [2.24, 2.45) is 0 Å². The number of rotatable bonds is 36. The third-order valence-electron chi connectivity index (χ3n) is 11.3. The summed E-state index contributed by atoms with van der Waals surface area (Å²) in [6.07, 6.45) is 15.9. The van der Waals surface area contributed by atoms with Gasteiger partial charge in [0.25, 0.3) is 0 Å². The molecule has 7 N–H and O–H groups in total. The van der Waals surface area contributed by atoms with Gasteiger partial charge in [0.15, 0.2) is 12.6 Å². The lowest BCUT2D eigenvalue weighted by molar-refractivity contribution is -0.332. The van der Waals surface area contributed by atoms with E-state index in [1.165, 1.54) is 96.3 Å². The van der Waals surface area contributed by atoms with Gasteiger partial charge in [-0.05, 0) is 38.5 Å². The van der Waals surface area contributed by atoms with Crippen LogP contribution in [0, 0.1) is 0 Å². The van der Waals surface area contributed by atoms with Gasteiger partial charge in [-0.25, -0.2) is 0 Å². The Balaban J connectivity index is 1.75. The zero-order chi connectivity index (χ0) is 43.1. The van der Waals surface area contributed by atoms with Gasteiger partial charge in [0, 0.05) is 13.0 Å². The molecule has 2 aliphatic rings. The van der Waals surface area contributed by atoms with Crippen LogP contribution in [0.4, 0.5) is 0 Å². The van der Waals surface area contributed by atoms with Crippen LogP contribution in [0.5, 0.6) is 0 Å². The van der Waals surface area contributed by atoms with E-state index in [0.29, 0.717) is 13.0 Å². The molecule has 0 spiro atoms. The Kier molecular flexibility index (Phi) is 31.3. The minimum atomic E-state index is -1.70. The maximum atomic E-state index is 12.9. The van der Waals surface area contributed by atoms with Gasteiger partial charge in [-0.2, -0.15) is 0 Å². The second-order valence-electron chi connectivity index (χ2n) is 16.6. The van der Waals surface area contributed by atoms with Crippen molar-refractivity contribution in [2.75, 3.05) is 33.0 Å². The van der Waals surface area contributed by atoms with Gasteiger partial charge in [0.2, 0.25) is 0 Å². The number of allylic oxidation sites excluding steroid dienone is 2. The molecule has 348 valence electrons. The fourth-order valence-corrected chi connectivity index (χ4v) is 7.40. The van der Waals surface area contributed by atoms with E-state index in [2.05, 4.69) is 26.0 Å². The van der Waals surface area contributed by atoms with Gasteiger partial charge < -0.3 is 64.2 Å². The summed E-state index contributed by atoms with van der Waals surface area (Å²) in [5.74, 6) is -0.382. The van der Waals surface area contributed by atoms with Crippen LogP contribution in [-0.4, -0.2) is 142 Å². The van der Waals surface area contributed by atoms with Gasteiger partial charge in [-0.1, -0.05) is 135 Å². The maximum Gasteiger partial charge on any atom is 0.306 e. The minimum absolute atomic E-state index is 0.0630. The van der Waals surface area contributed by atoms with Gasteiger partial charge in [0.05, 0.1) is 26.4 Å². The molecule has 0 saturated carbocycles. The fourth-order valence-electron chi connectivity index (χ4n) is 7.40. The van der Waals surface area contributed by atoms with Gasteiger partial charge in [-0.15, -0.1) is 0 Å². The van der Waals surface area contributed by atoms with Crippen molar-refractivity contribution >= 4 is 5.97 Å². The van der Waals surface area contributed by atoms with E-state index in [4.69, 9.17) is 28.4 Å². The summed E-state index contributed by atoms with van der Waals surface area (Å²) >= 11 is 0. The number of unbranched alkanes of at least 4 members (excludes halogenated alkanes) is 20. The highest BCUT2D eigenvalue weighted by molar-refractivity contribution is 5.69. The second-order valence-corrected chi connectivity index (χ2v) is 16.6.